The molecule has 12 heavy (non-hydrogen) atoms. The Morgan fingerprint density at radius 1 is 1.42 bits per heavy atom. The quantitative estimate of drug-likeness (QED) is 0.557. The Morgan fingerprint density at radius 3 is 2.75 bits per heavy atom. The highest BCUT2D eigenvalue weighted by molar-refractivity contribution is 6.12. The molecule has 0 saturated heterocycles. The zero-order valence-electron chi connectivity index (χ0n) is 7.54. The predicted molar refractivity (Wildman–Crippen MR) is 54.3 cm³/mol. The highest BCUT2D eigenvalue weighted by atomic mass is 14.7. The summed E-state index contributed by atoms with van der Waals surface area (Å²) in [6.07, 6.45) is 9.79. The minimum absolute atomic E-state index is 0.984. The van der Waals surface area contributed by atoms with Crippen LogP contribution < -0.4 is 0 Å². The van der Waals surface area contributed by atoms with E-state index in [0.29, 0.717) is 0 Å². The van der Waals surface area contributed by atoms with Crippen LogP contribution in [0, 0.1) is 0 Å². The monoisotopic (exact) mass is 159 g/mol. The molecule has 0 aromatic carbocycles. The molecular formula is C11H13N. The SMILES string of the molecule is C=C/N=C1/C=CC(C)=C/C1=C/C. The van der Waals surface area contributed by atoms with Gasteiger partial charge in [0.15, 0.2) is 0 Å². The smallest absolute Gasteiger partial charge is 0.0698 e. The van der Waals surface area contributed by atoms with Crippen molar-refractivity contribution >= 4 is 5.71 Å². The molecule has 0 saturated carbocycles. The van der Waals surface area contributed by atoms with Gasteiger partial charge in [0.2, 0.25) is 0 Å². The molecule has 1 aliphatic rings. The number of hydrogen-bond acceptors (Lipinski definition) is 1. The minimum atomic E-state index is 0.984. The summed E-state index contributed by atoms with van der Waals surface area (Å²) in [5.74, 6) is 0. The Hall–Kier alpha value is -1.37. The molecule has 0 bridgehead atoms. The zero-order valence-corrected chi connectivity index (χ0v) is 7.54. The van der Waals surface area contributed by atoms with Crippen LogP contribution in [0.5, 0.6) is 0 Å². The van der Waals surface area contributed by atoms with Gasteiger partial charge >= 0.3 is 0 Å². The standard InChI is InChI=1S/C11H13N/c1-4-10-8-9(3)6-7-11(10)12-5-2/h4-8H,2H2,1,3H3/b10-4-,12-11-. The topological polar surface area (TPSA) is 12.4 Å². The largest absolute Gasteiger partial charge is 0.257 e. The van der Waals surface area contributed by atoms with Gasteiger partial charge in [0.1, 0.15) is 0 Å². The molecule has 0 aromatic heterocycles. The maximum Gasteiger partial charge on any atom is 0.0698 e. The maximum absolute atomic E-state index is 4.15. The van der Waals surface area contributed by atoms with Crippen LogP contribution in [0.2, 0.25) is 0 Å². The highest BCUT2D eigenvalue weighted by Crippen LogP contribution is 2.13. The lowest BCUT2D eigenvalue weighted by Crippen LogP contribution is -2.00. The molecule has 0 unspecified atom stereocenters. The molecule has 0 heterocycles. The summed E-state index contributed by atoms with van der Waals surface area (Å²) in [5.41, 5.74) is 3.40. The van der Waals surface area contributed by atoms with Crippen molar-refractivity contribution in [3.8, 4) is 0 Å². The van der Waals surface area contributed by atoms with Crippen LogP contribution in [0.4, 0.5) is 0 Å². The Kier molecular flexibility index (Phi) is 2.81. The number of allylic oxidation sites excluding steroid dienone is 6. The summed E-state index contributed by atoms with van der Waals surface area (Å²) in [6.45, 7) is 7.66. The normalized spacial score (nSPS) is 23.0. The third-order valence-electron chi connectivity index (χ3n) is 1.72. The molecule has 0 atom stereocenters. The second kappa shape index (κ2) is 3.86. The van der Waals surface area contributed by atoms with E-state index in [1.54, 1.807) is 6.20 Å². The zero-order chi connectivity index (χ0) is 8.97. The van der Waals surface area contributed by atoms with Gasteiger partial charge in [-0.2, -0.15) is 0 Å². The van der Waals surface area contributed by atoms with Gasteiger partial charge in [-0.3, -0.25) is 4.99 Å². The van der Waals surface area contributed by atoms with E-state index in [1.165, 1.54) is 5.57 Å². The average Bonchev–Trinajstić information content (AvgIpc) is 2.08. The molecule has 62 valence electrons. The molecular weight excluding hydrogens is 146 g/mol. The number of nitrogens with zero attached hydrogens (tertiary/aromatic N) is 1. The van der Waals surface area contributed by atoms with Crippen molar-refractivity contribution < 1.29 is 0 Å². The van der Waals surface area contributed by atoms with Crippen molar-refractivity contribution in [3.05, 3.63) is 48.2 Å². The van der Waals surface area contributed by atoms with Gasteiger partial charge in [-0.15, -0.1) is 0 Å². The molecule has 1 aliphatic carbocycles. The van der Waals surface area contributed by atoms with Gasteiger partial charge < -0.3 is 0 Å². The van der Waals surface area contributed by atoms with E-state index in [1.807, 2.05) is 13.0 Å². The third kappa shape index (κ3) is 1.82. The van der Waals surface area contributed by atoms with Crippen LogP contribution in [0.15, 0.2) is 53.2 Å². The first kappa shape index (κ1) is 8.72. The molecule has 1 heteroatoms. The summed E-state index contributed by atoms with van der Waals surface area (Å²) in [4.78, 5) is 4.15. The molecule has 1 rings (SSSR count). The predicted octanol–water partition coefficient (Wildman–Crippen LogP) is 3.03. The van der Waals surface area contributed by atoms with Crippen LogP contribution in [-0.4, -0.2) is 5.71 Å². The van der Waals surface area contributed by atoms with Crippen LogP contribution in [0.25, 0.3) is 0 Å². The molecule has 0 fully saturated rings. The fourth-order valence-electron chi connectivity index (χ4n) is 1.12. The van der Waals surface area contributed by atoms with Crippen LogP contribution >= 0.6 is 0 Å². The lowest BCUT2D eigenvalue weighted by atomic mass is 10.0. The fraction of sp³-hybridized carbons (Fsp3) is 0.182. The van der Waals surface area contributed by atoms with Gasteiger partial charge in [0, 0.05) is 6.20 Å². The van der Waals surface area contributed by atoms with E-state index in [2.05, 4.69) is 36.7 Å². The Labute approximate surface area is 73.5 Å². The molecule has 0 aromatic rings. The van der Waals surface area contributed by atoms with Crippen molar-refractivity contribution in [1.82, 2.24) is 0 Å². The summed E-state index contributed by atoms with van der Waals surface area (Å²) in [6, 6.07) is 0. The van der Waals surface area contributed by atoms with Crippen LogP contribution in [-0.2, 0) is 0 Å². The Bertz CT molecular complexity index is 301. The maximum atomic E-state index is 4.15. The van der Waals surface area contributed by atoms with E-state index in [0.717, 1.165) is 11.3 Å². The summed E-state index contributed by atoms with van der Waals surface area (Å²) in [5, 5.41) is 0. The molecule has 0 radical (unpaired) electrons. The van der Waals surface area contributed by atoms with Gasteiger partial charge in [0.05, 0.1) is 5.71 Å². The number of rotatable bonds is 1. The van der Waals surface area contributed by atoms with Crippen molar-refractivity contribution in [2.24, 2.45) is 4.99 Å². The van der Waals surface area contributed by atoms with Crippen molar-refractivity contribution in [2.75, 3.05) is 0 Å². The first-order valence-electron chi connectivity index (χ1n) is 3.99. The lowest BCUT2D eigenvalue weighted by molar-refractivity contribution is 1.44. The first-order valence-corrected chi connectivity index (χ1v) is 3.99. The molecule has 1 nitrogen and oxygen atoms in total. The lowest BCUT2D eigenvalue weighted by Gasteiger charge is -2.07. The number of aliphatic imine (C=N–C) groups is 1. The van der Waals surface area contributed by atoms with E-state index in [9.17, 15) is 0 Å². The highest BCUT2D eigenvalue weighted by Gasteiger charge is 2.03. The second-order valence-electron chi connectivity index (χ2n) is 2.66. The summed E-state index contributed by atoms with van der Waals surface area (Å²) in [7, 11) is 0. The fourth-order valence-corrected chi connectivity index (χ4v) is 1.12. The number of hydrogen-bond donors (Lipinski definition) is 0. The minimum Gasteiger partial charge on any atom is -0.257 e. The van der Waals surface area contributed by atoms with E-state index < -0.39 is 0 Å². The van der Waals surface area contributed by atoms with Crippen molar-refractivity contribution in [2.45, 2.75) is 13.8 Å². The first-order chi connectivity index (χ1) is 5.77. The van der Waals surface area contributed by atoms with Crippen LogP contribution in [0.3, 0.4) is 0 Å². The van der Waals surface area contributed by atoms with Crippen molar-refractivity contribution in [1.29, 1.82) is 0 Å². The Balaban J connectivity index is 3.03. The van der Waals surface area contributed by atoms with E-state index in [4.69, 9.17) is 0 Å². The summed E-state index contributed by atoms with van der Waals surface area (Å²) < 4.78 is 0. The third-order valence-corrected chi connectivity index (χ3v) is 1.72. The van der Waals surface area contributed by atoms with Gasteiger partial charge in [-0.05, 0) is 25.5 Å². The molecule has 0 aliphatic heterocycles. The van der Waals surface area contributed by atoms with Crippen LogP contribution in [0.1, 0.15) is 13.8 Å². The van der Waals surface area contributed by atoms with Gasteiger partial charge in [0.25, 0.3) is 0 Å². The Morgan fingerprint density at radius 2 is 2.17 bits per heavy atom. The molecule has 0 spiro atoms. The van der Waals surface area contributed by atoms with Gasteiger partial charge in [-0.1, -0.05) is 30.4 Å². The van der Waals surface area contributed by atoms with E-state index >= 15 is 0 Å². The average molecular weight is 159 g/mol. The second-order valence-corrected chi connectivity index (χ2v) is 2.66. The van der Waals surface area contributed by atoms with E-state index in [-0.39, 0.29) is 0 Å². The van der Waals surface area contributed by atoms with Gasteiger partial charge in [-0.25, -0.2) is 0 Å². The molecule has 0 N–H and O–H groups in total. The summed E-state index contributed by atoms with van der Waals surface area (Å²) >= 11 is 0. The molecule has 0 amide bonds. The van der Waals surface area contributed by atoms with Crippen molar-refractivity contribution in [3.63, 3.8) is 0 Å².